The Labute approximate surface area is 105 Å². The van der Waals surface area contributed by atoms with Gasteiger partial charge in [0.05, 0.1) is 6.61 Å². The van der Waals surface area contributed by atoms with Gasteiger partial charge in [0, 0.05) is 35.5 Å². The van der Waals surface area contributed by atoms with Crippen LogP contribution in [0.25, 0.3) is 0 Å². The van der Waals surface area contributed by atoms with Gasteiger partial charge in [-0.3, -0.25) is 0 Å². The molecule has 3 nitrogen and oxygen atoms in total. The van der Waals surface area contributed by atoms with Crippen LogP contribution in [0.5, 0.6) is 0 Å². The predicted molar refractivity (Wildman–Crippen MR) is 67.8 cm³/mol. The zero-order chi connectivity index (χ0) is 13.1. The number of rotatable bonds is 4. The number of halogens is 2. The summed E-state index contributed by atoms with van der Waals surface area (Å²) in [5, 5.41) is 3.15. The molecule has 0 spiro atoms. The molecule has 0 aromatic heterocycles. The minimum Gasteiger partial charge on any atom is -0.399 e. The zero-order valence-corrected chi connectivity index (χ0v) is 10.3. The van der Waals surface area contributed by atoms with E-state index in [-0.39, 0.29) is 11.6 Å². The molecule has 1 heterocycles. The topological polar surface area (TPSA) is 47.3 Å². The van der Waals surface area contributed by atoms with Gasteiger partial charge in [-0.1, -0.05) is 0 Å². The number of hydrogen-bond donors (Lipinski definition) is 2. The van der Waals surface area contributed by atoms with Crippen LogP contribution < -0.4 is 11.1 Å². The Morgan fingerprint density at radius 3 is 2.83 bits per heavy atom. The van der Waals surface area contributed by atoms with Gasteiger partial charge in [-0.25, -0.2) is 8.78 Å². The molecule has 2 unspecified atom stereocenters. The van der Waals surface area contributed by atoms with E-state index in [2.05, 4.69) is 5.32 Å². The van der Waals surface area contributed by atoms with E-state index < -0.39 is 6.43 Å². The van der Waals surface area contributed by atoms with Crippen LogP contribution in [-0.4, -0.2) is 19.3 Å². The Balaban J connectivity index is 2.12. The number of anilines is 2. The highest BCUT2D eigenvalue weighted by molar-refractivity contribution is 5.59. The molecule has 0 aliphatic carbocycles. The normalized spacial score (nSPS) is 21.2. The molecule has 0 saturated carbocycles. The van der Waals surface area contributed by atoms with E-state index in [0.29, 0.717) is 23.9 Å². The highest BCUT2D eigenvalue weighted by Crippen LogP contribution is 2.30. The maximum absolute atomic E-state index is 12.9. The van der Waals surface area contributed by atoms with Crippen molar-refractivity contribution in [1.82, 2.24) is 0 Å². The Bertz CT molecular complexity index is 406. The lowest BCUT2D eigenvalue weighted by molar-refractivity contribution is 0.152. The number of alkyl halides is 2. The van der Waals surface area contributed by atoms with Gasteiger partial charge in [-0.15, -0.1) is 0 Å². The summed E-state index contributed by atoms with van der Waals surface area (Å²) in [6.45, 7) is 3.43. The first-order chi connectivity index (χ1) is 8.58. The van der Waals surface area contributed by atoms with Crippen LogP contribution in [0, 0.1) is 5.92 Å². The van der Waals surface area contributed by atoms with Gasteiger partial charge in [0.15, 0.2) is 0 Å². The van der Waals surface area contributed by atoms with Gasteiger partial charge in [0.2, 0.25) is 0 Å². The molecule has 1 saturated heterocycles. The molecule has 1 aliphatic heterocycles. The summed E-state index contributed by atoms with van der Waals surface area (Å²) in [5.74, 6) is 0.369. The van der Waals surface area contributed by atoms with Crippen molar-refractivity contribution in [1.29, 1.82) is 0 Å². The second kappa shape index (κ2) is 5.52. The Hall–Kier alpha value is -1.36. The van der Waals surface area contributed by atoms with Crippen molar-refractivity contribution >= 4 is 11.4 Å². The minimum absolute atomic E-state index is 0.0410. The van der Waals surface area contributed by atoms with Crippen LogP contribution in [0.15, 0.2) is 18.2 Å². The highest BCUT2D eigenvalue weighted by Gasteiger charge is 2.23. The van der Waals surface area contributed by atoms with Gasteiger partial charge >= 0.3 is 0 Å². The Kier molecular flexibility index (Phi) is 4.01. The third-order valence-electron chi connectivity index (χ3n) is 3.37. The van der Waals surface area contributed by atoms with Crippen molar-refractivity contribution < 1.29 is 13.5 Å². The summed E-state index contributed by atoms with van der Waals surface area (Å²) in [6, 6.07) is 4.67. The van der Waals surface area contributed by atoms with Gasteiger partial charge in [-0.05, 0) is 31.5 Å². The van der Waals surface area contributed by atoms with Crippen LogP contribution in [0.1, 0.15) is 25.3 Å². The van der Waals surface area contributed by atoms with Gasteiger partial charge < -0.3 is 15.8 Å². The Morgan fingerprint density at radius 1 is 1.44 bits per heavy atom. The second-order valence-electron chi connectivity index (χ2n) is 4.70. The quantitative estimate of drug-likeness (QED) is 0.814. The van der Waals surface area contributed by atoms with E-state index in [1.807, 2.05) is 6.92 Å². The monoisotopic (exact) mass is 256 g/mol. The average Bonchev–Trinajstić information content (AvgIpc) is 2.84. The molecule has 3 N–H and O–H groups in total. The maximum atomic E-state index is 12.9. The molecule has 2 rings (SSSR count). The van der Waals surface area contributed by atoms with Crippen molar-refractivity contribution in [2.45, 2.75) is 25.8 Å². The second-order valence-corrected chi connectivity index (χ2v) is 4.70. The van der Waals surface area contributed by atoms with E-state index in [0.717, 1.165) is 13.0 Å². The molecular weight excluding hydrogens is 238 g/mol. The molecule has 0 amide bonds. The Morgan fingerprint density at radius 2 is 2.22 bits per heavy atom. The molecule has 0 radical (unpaired) electrons. The zero-order valence-electron chi connectivity index (χ0n) is 10.3. The van der Waals surface area contributed by atoms with E-state index in [1.165, 1.54) is 6.07 Å². The third kappa shape index (κ3) is 2.90. The van der Waals surface area contributed by atoms with E-state index >= 15 is 0 Å². The van der Waals surface area contributed by atoms with Gasteiger partial charge in [-0.2, -0.15) is 0 Å². The fourth-order valence-corrected chi connectivity index (χ4v) is 2.20. The lowest BCUT2D eigenvalue weighted by atomic mass is 10.00. The number of nitrogens with two attached hydrogens (primary N) is 1. The van der Waals surface area contributed by atoms with Crippen molar-refractivity contribution in [2.75, 3.05) is 24.3 Å². The average molecular weight is 256 g/mol. The molecule has 18 heavy (non-hydrogen) atoms. The number of nitrogen functional groups attached to an aromatic ring is 1. The van der Waals surface area contributed by atoms with Crippen LogP contribution in [0.3, 0.4) is 0 Å². The van der Waals surface area contributed by atoms with Gasteiger partial charge in [0.1, 0.15) is 0 Å². The van der Waals surface area contributed by atoms with E-state index in [4.69, 9.17) is 10.5 Å². The molecular formula is C13H18F2N2O. The molecule has 5 heteroatoms. The summed E-state index contributed by atoms with van der Waals surface area (Å²) < 4.78 is 31.1. The molecule has 1 aromatic carbocycles. The number of benzene rings is 1. The van der Waals surface area contributed by atoms with Crippen molar-refractivity contribution in [3.8, 4) is 0 Å². The number of hydrogen-bond acceptors (Lipinski definition) is 3. The largest absolute Gasteiger partial charge is 0.399 e. The molecule has 0 bridgehead atoms. The highest BCUT2D eigenvalue weighted by atomic mass is 19.3. The fraction of sp³-hybridized carbons (Fsp3) is 0.538. The summed E-state index contributed by atoms with van der Waals surface area (Å²) in [6.07, 6.45) is -1.56. The first-order valence-corrected chi connectivity index (χ1v) is 6.10. The summed E-state index contributed by atoms with van der Waals surface area (Å²) in [7, 11) is 0. The predicted octanol–water partition coefficient (Wildman–Crippen LogP) is 3.04. The maximum Gasteiger partial charge on any atom is 0.265 e. The molecule has 1 fully saturated rings. The standard InChI is InChI=1S/C13H18F2N2O/c1-8(9-4-5-18-7-9)17-12-3-2-10(16)6-11(12)13(14)15/h2-3,6,8-9,13,17H,4-5,7,16H2,1H3. The minimum atomic E-state index is -2.52. The van der Waals surface area contributed by atoms with Gasteiger partial charge in [0.25, 0.3) is 6.43 Å². The summed E-state index contributed by atoms with van der Waals surface area (Å²) in [5.41, 5.74) is 6.31. The number of nitrogens with one attached hydrogen (secondary N) is 1. The SMILES string of the molecule is CC(Nc1ccc(N)cc1C(F)F)C1CCOC1. The van der Waals surface area contributed by atoms with Crippen LogP contribution >= 0.6 is 0 Å². The fourth-order valence-electron chi connectivity index (χ4n) is 2.20. The lowest BCUT2D eigenvalue weighted by Gasteiger charge is -2.22. The summed E-state index contributed by atoms with van der Waals surface area (Å²) in [4.78, 5) is 0. The van der Waals surface area contributed by atoms with Crippen LogP contribution in [-0.2, 0) is 4.74 Å². The van der Waals surface area contributed by atoms with Crippen molar-refractivity contribution in [3.63, 3.8) is 0 Å². The molecule has 1 aliphatic rings. The lowest BCUT2D eigenvalue weighted by Crippen LogP contribution is -2.26. The van der Waals surface area contributed by atoms with E-state index in [9.17, 15) is 8.78 Å². The molecule has 1 aromatic rings. The first-order valence-electron chi connectivity index (χ1n) is 6.10. The smallest absolute Gasteiger partial charge is 0.265 e. The number of ether oxygens (including phenoxy) is 1. The third-order valence-corrected chi connectivity index (χ3v) is 3.37. The van der Waals surface area contributed by atoms with E-state index in [1.54, 1.807) is 12.1 Å². The van der Waals surface area contributed by atoms with Crippen molar-refractivity contribution in [2.24, 2.45) is 5.92 Å². The van der Waals surface area contributed by atoms with Crippen molar-refractivity contribution in [3.05, 3.63) is 23.8 Å². The first kappa shape index (κ1) is 13.1. The molecule has 100 valence electrons. The van der Waals surface area contributed by atoms with Crippen LogP contribution in [0.4, 0.5) is 20.2 Å². The summed E-state index contributed by atoms with van der Waals surface area (Å²) >= 11 is 0. The molecule has 2 atom stereocenters. The van der Waals surface area contributed by atoms with Crippen LogP contribution in [0.2, 0.25) is 0 Å².